The van der Waals surface area contributed by atoms with Crippen LogP contribution in [0.4, 0.5) is 0 Å². The number of nitrogens with one attached hydrogen (secondary N) is 2. The normalized spacial score (nSPS) is 17.6. The molecule has 1 unspecified atom stereocenters. The van der Waals surface area contributed by atoms with E-state index in [0.717, 1.165) is 32.1 Å². The van der Waals surface area contributed by atoms with Gasteiger partial charge in [-0.3, -0.25) is 9.58 Å². The van der Waals surface area contributed by atoms with Crippen molar-refractivity contribution in [1.29, 1.82) is 0 Å². The first-order chi connectivity index (χ1) is 13.8. The van der Waals surface area contributed by atoms with Gasteiger partial charge in [-0.25, -0.2) is 4.99 Å². The number of aromatic nitrogens is 2. The minimum Gasteiger partial charge on any atom is -0.357 e. The fraction of sp³-hybridized carbons (Fsp3) is 0.545. The molecular weight excluding hydrogens is 475 g/mol. The highest BCUT2D eigenvalue weighted by molar-refractivity contribution is 14.0. The summed E-state index contributed by atoms with van der Waals surface area (Å²) in [5.74, 6) is 0.890. The van der Waals surface area contributed by atoms with E-state index in [1.807, 2.05) is 23.1 Å². The molecule has 7 heteroatoms. The van der Waals surface area contributed by atoms with E-state index in [2.05, 4.69) is 58.7 Å². The molecule has 0 bridgehead atoms. The lowest BCUT2D eigenvalue weighted by molar-refractivity contribution is 0.163. The van der Waals surface area contributed by atoms with E-state index in [-0.39, 0.29) is 24.0 Å². The van der Waals surface area contributed by atoms with E-state index in [1.54, 1.807) is 0 Å². The average Bonchev–Trinajstić information content (AvgIpc) is 3.22. The Morgan fingerprint density at radius 1 is 1.17 bits per heavy atom. The molecule has 1 fully saturated rings. The highest BCUT2D eigenvalue weighted by atomic mass is 127. The molecule has 1 aromatic heterocycles. The molecule has 1 aliphatic rings. The Morgan fingerprint density at radius 3 is 2.72 bits per heavy atom. The highest BCUT2D eigenvalue weighted by Crippen LogP contribution is 2.15. The quantitative estimate of drug-likeness (QED) is 0.325. The van der Waals surface area contributed by atoms with Gasteiger partial charge in [-0.1, -0.05) is 30.7 Å². The maximum absolute atomic E-state index is 4.82. The number of aliphatic imine (C=N–C) groups is 1. The second-order valence-electron chi connectivity index (χ2n) is 7.48. The van der Waals surface area contributed by atoms with Gasteiger partial charge in [0.05, 0.1) is 13.1 Å². The zero-order valence-corrected chi connectivity index (χ0v) is 20.0. The number of halogens is 1. The summed E-state index contributed by atoms with van der Waals surface area (Å²) in [5.41, 5.74) is 2.49. The predicted octanol–water partition coefficient (Wildman–Crippen LogP) is 3.48. The van der Waals surface area contributed by atoms with Crippen molar-refractivity contribution in [2.45, 2.75) is 52.2 Å². The van der Waals surface area contributed by atoms with Crippen LogP contribution in [0, 0.1) is 0 Å². The third kappa shape index (κ3) is 7.62. The van der Waals surface area contributed by atoms with Crippen molar-refractivity contribution in [2.75, 3.05) is 26.2 Å². The van der Waals surface area contributed by atoms with E-state index in [4.69, 9.17) is 4.99 Å². The summed E-state index contributed by atoms with van der Waals surface area (Å²) in [4.78, 5) is 7.40. The third-order valence-corrected chi connectivity index (χ3v) is 5.39. The van der Waals surface area contributed by atoms with Gasteiger partial charge in [-0.2, -0.15) is 5.10 Å². The first kappa shape index (κ1) is 23.7. The van der Waals surface area contributed by atoms with Crippen LogP contribution in [-0.2, 0) is 13.1 Å². The fourth-order valence-electron chi connectivity index (χ4n) is 3.75. The van der Waals surface area contributed by atoms with Crippen molar-refractivity contribution < 1.29 is 0 Å². The van der Waals surface area contributed by atoms with Crippen LogP contribution in [0.15, 0.2) is 47.7 Å². The molecule has 0 saturated carbocycles. The Morgan fingerprint density at radius 2 is 2.00 bits per heavy atom. The van der Waals surface area contributed by atoms with Gasteiger partial charge < -0.3 is 10.6 Å². The molecule has 1 saturated heterocycles. The van der Waals surface area contributed by atoms with Crippen LogP contribution in [0.5, 0.6) is 0 Å². The summed E-state index contributed by atoms with van der Waals surface area (Å²) in [6.07, 6.45) is 7.82. The summed E-state index contributed by atoms with van der Waals surface area (Å²) < 4.78 is 1.95. The molecular formula is C22H35IN6. The fourth-order valence-corrected chi connectivity index (χ4v) is 3.75. The van der Waals surface area contributed by atoms with Crippen molar-refractivity contribution in [3.8, 4) is 0 Å². The Bertz CT molecular complexity index is 731. The number of hydrogen-bond acceptors (Lipinski definition) is 3. The summed E-state index contributed by atoms with van der Waals surface area (Å²) in [5, 5.41) is 11.2. The van der Waals surface area contributed by atoms with Crippen molar-refractivity contribution in [3.05, 3.63) is 53.9 Å². The Balaban J connectivity index is 0.00000300. The lowest BCUT2D eigenvalue weighted by Crippen LogP contribution is -2.45. The summed E-state index contributed by atoms with van der Waals surface area (Å²) >= 11 is 0. The Labute approximate surface area is 192 Å². The van der Waals surface area contributed by atoms with Crippen LogP contribution in [0.2, 0.25) is 0 Å². The van der Waals surface area contributed by atoms with E-state index in [0.29, 0.717) is 12.6 Å². The maximum Gasteiger partial charge on any atom is 0.191 e. The molecule has 1 atom stereocenters. The van der Waals surface area contributed by atoms with Crippen molar-refractivity contribution >= 4 is 29.9 Å². The SMILES string of the molecule is CCNC(=NCc1ccccc1Cn1cccn1)NCCN1CCCCC1C.I. The lowest BCUT2D eigenvalue weighted by Gasteiger charge is -2.33. The second kappa shape index (κ2) is 12.8. The number of likely N-dealkylation sites (tertiary alicyclic amines) is 1. The molecule has 3 rings (SSSR count). The minimum absolute atomic E-state index is 0. The van der Waals surface area contributed by atoms with Gasteiger partial charge in [-0.15, -0.1) is 24.0 Å². The van der Waals surface area contributed by atoms with Crippen LogP contribution in [-0.4, -0.2) is 52.9 Å². The number of piperidine rings is 1. The van der Waals surface area contributed by atoms with E-state index < -0.39 is 0 Å². The first-order valence-electron chi connectivity index (χ1n) is 10.6. The van der Waals surface area contributed by atoms with Gasteiger partial charge in [0.2, 0.25) is 0 Å². The zero-order valence-electron chi connectivity index (χ0n) is 17.7. The second-order valence-corrected chi connectivity index (χ2v) is 7.48. The summed E-state index contributed by atoms with van der Waals surface area (Å²) in [7, 11) is 0. The molecule has 0 aliphatic carbocycles. The highest BCUT2D eigenvalue weighted by Gasteiger charge is 2.17. The van der Waals surface area contributed by atoms with E-state index >= 15 is 0 Å². The van der Waals surface area contributed by atoms with Gasteiger partial charge in [0.1, 0.15) is 0 Å². The van der Waals surface area contributed by atoms with Gasteiger partial charge in [0, 0.05) is 38.1 Å². The predicted molar refractivity (Wildman–Crippen MR) is 131 cm³/mol. The topological polar surface area (TPSA) is 57.5 Å². The molecule has 0 radical (unpaired) electrons. The van der Waals surface area contributed by atoms with Crippen molar-refractivity contribution in [1.82, 2.24) is 25.3 Å². The number of hydrogen-bond donors (Lipinski definition) is 2. The minimum atomic E-state index is 0. The smallest absolute Gasteiger partial charge is 0.191 e. The number of nitrogens with zero attached hydrogens (tertiary/aromatic N) is 4. The zero-order chi connectivity index (χ0) is 19.6. The monoisotopic (exact) mass is 510 g/mol. The molecule has 0 spiro atoms. The van der Waals surface area contributed by atoms with Gasteiger partial charge in [-0.05, 0) is 50.4 Å². The molecule has 29 heavy (non-hydrogen) atoms. The molecule has 2 heterocycles. The van der Waals surface area contributed by atoms with Gasteiger partial charge in [0.25, 0.3) is 0 Å². The van der Waals surface area contributed by atoms with Crippen molar-refractivity contribution in [3.63, 3.8) is 0 Å². The number of guanidine groups is 1. The molecule has 0 amide bonds. The van der Waals surface area contributed by atoms with E-state index in [9.17, 15) is 0 Å². The van der Waals surface area contributed by atoms with E-state index in [1.165, 1.54) is 36.9 Å². The summed E-state index contributed by atoms with van der Waals surface area (Å²) in [6, 6.07) is 11.1. The maximum atomic E-state index is 4.82. The average molecular weight is 510 g/mol. The summed E-state index contributed by atoms with van der Waals surface area (Å²) in [6.45, 7) is 9.96. The van der Waals surface area contributed by atoms with Gasteiger partial charge >= 0.3 is 0 Å². The first-order valence-corrected chi connectivity index (χ1v) is 10.6. The Hall–Kier alpha value is -1.61. The number of rotatable bonds is 8. The van der Waals surface area contributed by atoms with Gasteiger partial charge in [0.15, 0.2) is 5.96 Å². The lowest BCUT2D eigenvalue weighted by atomic mass is 10.0. The van der Waals surface area contributed by atoms with Crippen LogP contribution in [0.3, 0.4) is 0 Å². The Kier molecular flexibility index (Phi) is 10.5. The molecule has 160 valence electrons. The van der Waals surface area contributed by atoms with Crippen molar-refractivity contribution in [2.24, 2.45) is 4.99 Å². The third-order valence-electron chi connectivity index (χ3n) is 5.39. The molecule has 1 aliphatic heterocycles. The van der Waals surface area contributed by atoms with Crippen LogP contribution in [0.25, 0.3) is 0 Å². The standard InChI is InChI=1S/C22H34N6.HI/c1-3-23-22(24-13-16-27-14-7-6-9-19(27)2)25-17-20-10-4-5-11-21(20)18-28-15-8-12-26-28;/h4-5,8,10-12,15,19H,3,6-7,9,13-14,16-18H2,1-2H3,(H2,23,24,25);1H. The van der Waals surface area contributed by atoms with Crippen LogP contribution >= 0.6 is 24.0 Å². The molecule has 2 aromatic rings. The largest absolute Gasteiger partial charge is 0.357 e. The van der Waals surface area contributed by atoms with Crippen LogP contribution < -0.4 is 10.6 Å². The molecule has 2 N–H and O–H groups in total. The molecule has 6 nitrogen and oxygen atoms in total. The molecule has 1 aromatic carbocycles. The van der Waals surface area contributed by atoms with Crippen LogP contribution in [0.1, 0.15) is 44.2 Å². The number of benzene rings is 1.